The van der Waals surface area contributed by atoms with E-state index >= 15 is 0 Å². The molecule has 92 valence electrons. The minimum absolute atomic E-state index is 0.155. The number of hydrogen-bond acceptors (Lipinski definition) is 4. The largest absolute Gasteiger partial charge is 0.464 e. The van der Waals surface area contributed by atoms with E-state index in [1.165, 1.54) is 0 Å². The molecule has 0 radical (unpaired) electrons. The van der Waals surface area contributed by atoms with Crippen molar-refractivity contribution in [3.63, 3.8) is 0 Å². The zero-order valence-corrected chi connectivity index (χ0v) is 10.2. The Balaban J connectivity index is 2.33. The van der Waals surface area contributed by atoms with Crippen LogP contribution < -0.4 is 11.3 Å². The summed E-state index contributed by atoms with van der Waals surface area (Å²) < 4.78 is 7.63. The number of nitrogens with two attached hydrogens (primary N) is 1. The number of hydrogen-bond donors (Lipinski definition) is 2. The Morgan fingerprint density at radius 3 is 2.82 bits per heavy atom. The molecule has 1 unspecified atom stereocenters. The normalized spacial score (nSPS) is 12.9. The first-order chi connectivity index (χ1) is 8.30. The predicted octanol–water partition coefficient (Wildman–Crippen LogP) is 1.61. The van der Waals surface area contributed by atoms with Crippen LogP contribution >= 0.6 is 0 Å². The molecular formula is C12H18N4O. The molecule has 2 aromatic rings. The summed E-state index contributed by atoms with van der Waals surface area (Å²) in [6, 6.07) is 5.72. The van der Waals surface area contributed by atoms with Gasteiger partial charge in [-0.05, 0) is 25.1 Å². The molecule has 5 nitrogen and oxygen atoms in total. The van der Waals surface area contributed by atoms with Crippen LogP contribution in [-0.4, -0.2) is 9.78 Å². The second-order valence-electron chi connectivity index (χ2n) is 3.83. The van der Waals surface area contributed by atoms with Gasteiger partial charge >= 0.3 is 0 Å². The molecule has 17 heavy (non-hydrogen) atoms. The maximum absolute atomic E-state index is 5.73. The van der Waals surface area contributed by atoms with Gasteiger partial charge in [-0.3, -0.25) is 10.5 Å². The Morgan fingerprint density at radius 1 is 1.41 bits per heavy atom. The first-order valence-electron chi connectivity index (χ1n) is 5.86. The van der Waals surface area contributed by atoms with Crippen molar-refractivity contribution in [3.8, 4) is 0 Å². The molecule has 0 saturated carbocycles. The summed E-state index contributed by atoms with van der Waals surface area (Å²) >= 11 is 0. The van der Waals surface area contributed by atoms with Gasteiger partial charge in [0, 0.05) is 19.2 Å². The van der Waals surface area contributed by atoms with Crippen molar-refractivity contribution in [2.24, 2.45) is 5.84 Å². The molecule has 0 fully saturated rings. The first kappa shape index (κ1) is 11.9. The standard InChI is InChI=1S/C12H18N4O/c1-3-9-5-6-11(17-9)12(15-13)10-7-8-14-16(10)4-2/h5-8,12,15H,3-4,13H2,1-2H3. The molecule has 2 rings (SSSR count). The lowest BCUT2D eigenvalue weighted by atomic mass is 10.1. The summed E-state index contributed by atoms with van der Waals surface area (Å²) in [4.78, 5) is 0. The van der Waals surface area contributed by atoms with Gasteiger partial charge in [-0.1, -0.05) is 6.92 Å². The van der Waals surface area contributed by atoms with Gasteiger partial charge in [-0.25, -0.2) is 5.43 Å². The van der Waals surface area contributed by atoms with Crippen LogP contribution in [0, 0.1) is 0 Å². The molecule has 0 aliphatic rings. The van der Waals surface area contributed by atoms with Crippen molar-refractivity contribution in [2.45, 2.75) is 32.9 Å². The highest BCUT2D eigenvalue weighted by molar-refractivity contribution is 5.21. The second kappa shape index (κ2) is 5.16. The van der Waals surface area contributed by atoms with E-state index in [0.29, 0.717) is 0 Å². The molecule has 3 N–H and O–H groups in total. The third-order valence-corrected chi connectivity index (χ3v) is 2.83. The Morgan fingerprint density at radius 2 is 2.24 bits per heavy atom. The highest BCUT2D eigenvalue weighted by atomic mass is 16.3. The molecule has 0 amide bonds. The van der Waals surface area contributed by atoms with Crippen molar-refractivity contribution in [1.29, 1.82) is 0 Å². The Bertz CT molecular complexity index is 474. The fraction of sp³-hybridized carbons (Fsp3) is 0.417. The number of nitrogens with one attached hydrogen (secondary N) is 1. The molecule has 2 heterocycles. The number of aromatic nitrogens is 2. The van der Waals surface area contributed by atoms with Crippen LogP contribution in [0.25, 0.3) is 0 Å². The Kier molecular flexibility index (Phi) is 3.61. The molecule has 0 aliphatic carbocycles. The quantitative estimate of drug-likeness (QED) is 0.609. The number of furan rings is 1. The molecular weight excluding hydrogens is 216 g/mol. The number of aryl methyl sites for hydroxylation is 2. The van der Waals surface area contributed by atoms with E-state index in [-0.39, 0.29) is 6.04 Å². The van der Waals surface area contributed by atoms with Crippen LogP contribution in [0.4, 0.5) is 0 Å². The second-order valence-corrected chi connectivity index (χ2v) is 3.83. The van der Waals surface area contributed by atoms with Crippen LogP contribution in [0.1, 0.15) is 37.1 Å². The molecule has 0 saturated heterocycles. The van der Waals surface area contributed by atoms with Crippen LogP contribution in [0.3, 0.4) is 0 Å². The van der Waals surface area contributed by atoms with E-state index in [0.717, 1.165) is 30.2 Å². The molecule has 0 aliphatic heterocycles. The van der Waals surface area contributed by atoms with Gasteiger partial charge in [-0.15, -0.1) is 0 Å². The van der Waals surface area contributed by atoms with Crippen LogP contribution in [0.2, 0.25) is 0 Å². The highest BCUT2D eigenvalue weighted by Crippen LogP contribution is 2.23. The van der Waals surface area contributed by atoms with Gasteiger partial charge in [-0.2, -0.15) is 5.10 Å². The van der Waals surface area contributed by atoms with Gasteiger partial charge in [0.2, 0.25) is 0 Å². The third-order valence-electron chi connectivity index (χ3n) is 2.83. The average molecular weight is 234 g/mol. The minimum Gasteiger partial charge on any atom is -0.464 e. The number of rotatable bonds is 5. The lowest BCUT2D eigenvalue weighted by molar-refractivity contribution is 0.411. The predicted molar refractivity (Wildman–Crippen MR) is 65.2 cm³/mol. The Labute approximate surface area is 101 Å². The lowest BCUT2D eigenvalue weighted by Gasteiger charge is -2.14. The van der Waals surface area contributed by atoms with Crippen molar-refractivity contribution >= 4 is 0 Å². The molecule has 0 aromatic carbocycles. The van der Waals surface area contributed by atoms with Gasteiger partial charge in [0.1, 0.15) is 17.6 Å². The van der Waals surface area contributed by atoms with Crippen molar-refractivity contribution < 1.29 is 4.42 Å². The average Bonchev–Trinajstić information content (AvgIpc) is 2.99. The van der Waals surface area contributed by atoms with Crippen molar-refractivity contribution in [1.82, 2.24) is 15.2 Å². The maximum atomic E-state index is 5.73. The topological polar surface area (TPSA) is 69.0 Å². The fourth-order valence-corrected chi connectivity index (χ4v) is 1.91. The summed E-state index contributed by atoms with van der Waals surface area (Å²) in [5, 5.41) is 4.24. The number of hydrazine groups is 1. The van der Waals surface area contributed by atoms with E-state index in [1.807, 2.05) is 29.8 Å². The van der Waals surface area contributed by atoms with Gasteiger partial charge < -0.3 is 4.42 Å². The molecule has 0 spiro atoms. The first-order valence-corrected chi connectivity index (χ1v) is 5.86. The summed E-state index contributed by atoms with van der Waals surface area (Å²) in [6.07, 6.45) is 2.65. The smallest absolute Gasteiger partial charge is 0.128 e. The SMILES string of the molecule is CCc1ccc(C(NN)c2ccnn2CC)o1. The minimum atomic E-state index is -0.155. The van der Waals surface area contributed by atoms with Crippen molar-refractivity contribution in [2.75, 3.05) is 0 Å². The van der Waals surface area contributed by atoms with Gasteiger partial charge in [0.05, 0.1) is 5.69 Å². The van der Waals surface area contributed by atoms with Crippen LogP contribution in [-0.2, 0) is 13.0 Å². The summed E-state index contributed by atoms with van der Waals surface area (Å²) in [5.41, 5.74) is 3.78. The maximum Gasteiger partial charge on any atom is 0.128 e. The van der Waals surface area contributed by atoms with Crippen LogP contribution in [0.15, 0.2) is 28.8 Å². The van der Waals surface area contributed by atoms with Crippen molar-refractivity contribution in [3.05, 3.63) is 41.6 Å². The lowest BCUT2D eigenvalue weighted by Crippen LogP contribution is -2.30. The Hall–Kier alpha value is -1.59. The van der Waals surface area contributed by atoms with E-state index in [9.17, 15) is 0 Å². The number of nitrogens with zero attached hydrogens (tertiary/aromatic N) is 2. The van der Waals surface area contributed by atoms with E-state index in [1.54, 1.807) is 6.20 Å². The summed E-state index contributed by atoms with van der Waals surface area (Å²) in [7, 11) is 0. The van der Waals surface area contributed by atoms with E-state index in [4.69, 9.17) is 10.3 Å². The van der Waals surface area contributed by atoms with E-state index < -0.39 is 0 Å². The summed E-state index contributed by atoms with van der Waals surface area (Å²) in [6.45, 7) is 4.91. The molecule has 2 aromatic heterocycles. The summed E-state index contributed by atoms with van der Waals surface area (Å²) in [5.74, 6) is 7.40. The third kappa shape index (κ3) is 2.25. The monoisotopic (exact) mass is 234 g/mol. The fourth-order valence-electron chi connectivity index (χ4n) is 1.91. The highest BCUT2D eigenvalue weighted by Gasteiger charge is 2.19. The van der Waals surface area contributed by atoms with E-state index in [2.05, 4.69) is 17.4 Å². The zero-order valence-electron chi connectivity index (χ0n) is 10.2. The van der Waals surface area contributed by atoms with Gasteiger partial charge in [0.25, 0.3) is 0 Å². The van der Waals surface area contributed by atoms with Gasteiger partial charge in [0.15, 0.2) is 0 Å². The molecule has 1 atom stereocenters. The molecule has 0 bridgehead atoms. The van der Waals surface area contributed by atoms with Crippen LogP contribution in [0.5, 0.6) is 0 Å². The molecule has 5 heteroatoms. The zero-order chi connectivity index (χ0) is 12.3.